The maximum absolute atomic E-state index is 13.0. The van der Waals surface area contributed by atoms with Gasteiger partial charge in [0.05, 0.1) is 15.9 Å². The Morgan fingerprint density at radius 3 is 2.94 bits per heavy atom. The molecular formula is C11H17F2IN2O. The van der Waals surface area contributed by atoms with Crippen molar-refractivity contribution in [1.82, 2.24) is 0 Å². The third-order valence-corrected chi connectivity index (χ3v) is 3.45. The molecule has 6 heteroatoms. The molecule has 1 heterocycles. The molecule has 1 aliphatic heterocycles. The summed E-state index contributed by atoms with van der Waals surface area (Å²) in [5.74, 6) is -2.99. The fraction of sp³-hybridized carbons (Fsp3) is 0.727. The Hall–Kier alpha value is -0.0800. The molecule has 0 aromatic carbocycles. The normalized spacial score (nSPS) is 27.5. The minimum Gasteiger partial charge on any atom is -0.369 e. The van der Waals surface area contributed by atoms with Crippen LogP contribution in [0.5, 0.6) is 0 Å². The Morgan fingerprint density at radius 1 is 1.76 bits per heavy atom. The molecule has 2 unspecified atom stereocenters. The van der Waals surface area contributed by atoms with E-state index in [-0.39, 0.29) is 18.2 Å². The van der Waals surface area contributed by atoms with E-state index in [9.17, 15) is 8.78 Å². The Kier molecular flexibility index (Phi) is 5.46. The Balaban J connectivity index is 2.61. The van der Waals surface area contributed by atoms with E-state index < -0.39 is 12.5 Å². The summed E-state index contributed by atoms with van der Waals surface area (Å²) < 4.78 is 32.2. The van der Waals surface area contributed by atoms with Gasteiger partial charge in [-0.2, -0.15) is 8.78 Å². The van der Waals surface area contributed by atoms with Crippen LogP contribution in [0.2, 0.25) is 0 Å². The van der Waals surface area contributed by atoms with Crippen LogP contribution in [-0.4, -0.2) is 34.4 Å². The molecule has 1 aliphatic rings. The summed E-state index contributed by atoms with van der Waals surface area (Å²) in [6, 6.07) is -0.446. The molecule has 0 aromatic heterocycles. The number of aliphatic imine (C=N–C) groups is 1. The minimum atomic E-state index is -2.99. The zero-order chi connectivity index (χ0) is 13.1. The predicted octanol–water partition coefficient (Wildman–Crippen LogP) is 2.54. The van der Waals surface area contributed by atoms with Gasteiger partial charge in [0.15, 0.2) is 0 Å². The highest BCUT2D eigenvalue weighted by Crippen LogP contribution is 2.24. The van der Waals surface area contributed by atoms with Gasteiger partial charge in [-0.25, -0.2) is 0 Å². The molecule has 17 heavy (non-hydrogen) atoms. The molecule has 3 nitrogen and oxygen atoms in total. The lowest BCUT2D eigenvalue weighted by Crippen LogP contribution is -2.44. The molecule has 0 fully saturated rings. The monoisotopic (exact) mass is 358 g/mol. The average molecular weight is 358 g/mol. The summed E-state index contributed by atoms with van der Waals surface area (Å²) in [4.78, 5) is 4.37. The van der Waals surface area contributed by atoms with E-state index in [4.69, 9.17) is 10.5 Å². The second-order valence-corrected chi connectivity index (χ2v) is 5.45. The minimum absolute atomic E-state index is 0.206. The van der Waals surface area contributed by atoms with Crippen molar-refractivity contribution in [3.63, 3.8) is 0 Å². The van der Waals surface area contributed by atoms with E-state index in [2.05, 4.69) is 34.2 Å². The third kappa shape index (κ3) is 4.59. The van der Waals surface area contributed by atoms with Crippen LogP contribution in [0.25, 0.3) is 0 Å². The molecular weight excluding hydrogens is 341 g/mol. The first-order valence-corrected chi connectivity index (χ1v) is 6.54. The second kappa shape index (κ2) is 6.19. The maximum Gasteiger partial charge on any atom is 0.289 e. The average Bonchev–Trinajstić information content (AvgIpc) is 2.27. The maximum atomic E-state index is 13.0. The van der Waals surface area contributed by atoms with E-state index in [0.717, 1.165) is 10.1 Å². The molecule has 3 atom stereocenters. The zero-order valence-corrected chi connectivity index (χ0v) is 11.9. The van der Waals surface area contributed by atoms with Crippen molar-refractivity contribution in [3.8, 4) is 0 Å². The number of alkyl halides is 2. The van der Waals surface area contributed by atoms with Crippen LogP contribution in [0.1, 0.15) is 19.8 Å². The van der Waals surface area contributed by atoms with Gasteiger partial charge < -0.3 is 10.5 Å². The molecule has 0 spiro atoms. The van der Waals surface area contributed by atoms with Gasteiger partial charge in [-0.3, -0.25) is 4.99 Å². The number of hydrogen-bond acceptors (Lipinski definition) is 3. The van der Waals surface area contributed by atoms with E-state index in [0.29, 0.717) is 12.5 Å². The summed E-state index contributed by atoms with van der Waals surface area (Å²) in [6.07, 6.45) is 1.71. The van der Waals surface area contributed by atoms with Gasteiger partial charge in [-0.15, -0.1) is 0 Å². The lowest BCUT2D eigenvalue weighted by Gasteiger charge is -2.31. The Bertz CT molecular complexity index is 308. The molecule has 1 rings (SSSR count). The lowest BCUT2D eigenvalue weighted by atomic mass is 9.98. The number of ether oxygens (including phenoxy) is 1. The van der Waals surface area contributed by atoms with Crippen LogP contribution in [0, 0.1) is 0 Å². The third-order valence-electron chi connectivity index (χ3n) is 2.63. The molecule has 0 radical (unpaired) electrons. The molecule has 0 saturated carbocycles. The largest absolute Gasteiger partial charge is 0.369 e. The van der Waals surface area contributed by atoms with Gasteiger partial charge >= 0.3 is 0 Å². The standard InChI is InChI=1S/C11H17F2IN2O/c1-3-11(12,13)6-17-8-4-5-9(14)16-10(8)7(2)15/h3,7-8,10H,1,4-6,15H2,2H3/t7?,8-,10?/m1/s1. The van der Waals surface area contributed by atoms with E-state index in [1.165, 1.54) is 0 Å². The van der Waals surface area contributed by atoms with Crippen LogP contribution in [0.3, 0.4) is 0 Å². The fourth-order valence-electron chi connectivity index (χ4n) is 1.66. The van der Waals surface area contributed by atoms with Crippen molar-refractivity contribution in [2.45, 2.75) is 43.9 Å². The van der Waals surface area contributed by atoms with Crippen LogP contribution < -0.4 is 5.73 Å². The van der Waals surface area contributed by atoms with Gasteiger partial charge in [0, 0.05) is 6.04 Å². The Labute approximate surface area is 114 Å². The first-order chi connectivity index (χ1) is 7.85. The molecule has 0 saturated heterocycles. The molecule has 0 aliphatic carbocycles. The van der Waals surface area contributed by atoms with E-state index in [1.54, 1.807) is 0 Å². The number of nitrogens with two attached hydrogens (primary N) is 1. The summed E-state index contributed by atoms with van der Waals surface area (Å²) >= 11 is 2.14. The van der Waals surface area contributed by atoms with Gasteiger partial charge in [0.1, 0.15) is 6.61 Å². The number of nitrogens with zero attached hydrogens (tertiary/aromatic N) is 1. The van der Waals surface area contributed by atoms with E-state index >= 15 is 0 Å². The van der Waals surface area contributed by atoms with Crippen molar-refractivity contribution >= 4 is 26.3 Å². The summed E-state index contributed by atoms with van der Waals surface area (Å²) in [5.41, 5.74) is 5.79. The van der Waals surface area contributed by atoms with Gasteiger partial charge in [-0.1, -0.05) is 6.58 Å². The van der Waals surface area contributed by atoms with Gasteiger partial charge in [-0.05, 0) is 48.4 Å². The zero-order valence-electron chi connectivity index (χ0n) is 9.70. The molecule has 0 bridgehead atoms. The molecule has 98 valence electrons. The smallest absolute Gasteiger partial charge is 0.289 e. The Morgan fingerprint density at radius 2 is 2.41 bits per heavy atom. The lowest BCUT2D eigenvalue weighted by molar-refractivity contribution is -0.0783. The second-order valence-electron chi connectivity index (χ2n) is 4.21. The summed E-state index contributed by atoms with van der Waals surface area (Å²) in [6.45, 7) is 4.23. The van der Waals surface area contributed by atoms with Gasteiger partial charge in [0.25, 0.3) is 5.92 Å². The number of rotatable bonds is 5. The first-order valence-electron chi connectivity index (χ1n) is 5.46. The van der Waals surface area contributed by atoms with Crippen LogP contribution in [-0.2, 0) is 4.74 Å². The molecule has 2 N–H and O–H groups in total. The van der Waals surface area contributed by atoms with Crippen LogP contribution >= 0.6 is 22.6 Å². The first kappa shape index (κ1) is 15.0. The van der Waals surface area contributed by atoms with Crippen LogP contribution in [0.15, 0.2) is 17.6 Å². The number of halogens is 3. The van der Waals surface area contributed by atoms with Crippen molar-refractivity contribution in [3.05, 3.63) is 12.7 Å². The van der Waals surface area contributed by atoms with Crippen LogP contribution in [0.4, 0.5) is 8.78 Å². The number of hydrogen-bond donors (Lipinski definition) is 1. The topological polar surface area (TPSA) is 47.6 Å². The van der Waals surface area contributed by atoms with Crippen molar-refractivity contribution in [1.29, 1.82) is 0 Å². The summed E-state index contributed by atoms with van der Waals surface area (Å²) in [5, 5.41) is 0. The summed E-state index contributed by atoms with van der Waals surface area (Å²) in [7, 11) is 0. The highest BCUT2D eigenvalue weighted by Gasteiger charge is 2.33. The van der Waals surface area contributed by atoms with Crippen molar-refractivity contribution in [2.24, 2.45) is 10.7 Å². The molecule has 0 amide bonds. The fourth-order valence-corrected chi connectivity index (χ4v) is 2.29. The van der Waals surface area contributed by atoms with Crippen molar-refractivity contribution in [2.75, 3.05) is 6.61 Å². The highest BCUT2D eigenvalue weighted by atomic mass is 127. The van der Waals surface area contributed by atoms with Crippen molar-refractivity contribution < 1.29 is 13.5 Å². The predicted molar refractivity (Wildman–Crippen MR) is 73.0 cm³/mol. The van der Waals surface area contributed by atoms with Gasteiger partial charge in [0.2, 0.25) is 0 Å². The quantitative estimate of drug-likeness (QED) is 0.607. The highest BCUT2D eigenvalue weighted by molar-refractivity contribution is 14.1. The van der Waals surface area contributed by atoms with E-state index in [1.807, 2.05) is 6.92 Å². The SMILES string of the molecule is C=CC(F)(F)CO[C@@H]1CCC(I)=NC1C(C)N. The molecule has 0 aromatic rings.